The molecule has 1 aliphatic rings. The summed E-state index contributed by atoms with van der Waals surface area (Å²) >= 11 is 0. The average Bonchev–Trinajstić information content (AvgIpc) is 3.44. The quantitative estimate of drug-likeness (QED) is 0.511. The molecule has 4 aromatic rings. The van der Waals surface area contributed by atoms with Crippen LogP contribution >= 0.6 is 0 Å². The van der Waals surface area contributed by atoms with Crippen molar-refractivity contribution in [2.75, 3.05) is 18.8 Å². The van der Waals surface area contributed by atoms with Gasteiger partial charge in [-0.3, -0.25) is 0 Å². The number of hydrogen-bond acceptors (Lipinski definition) is 5. The first-order valence-corrected chi connectivity index (χ1v) is 11.7. The molecule has 1 aliphatic heterocycles. The molecular weight excluding hydrogens is 402 g/mol. The highest BCUT2D eigenvalue weighted by atomic mass is 32.2. The van der Waals surface area contributed by atoms with Crippen molar-refractivity contribution in [1.29, 1.82) is 0 Å². The number of phenols is 1. The minimum absolute atomic E-state index is 0.0560. The van der Waals surface area contributed by atoms with Crippen molar-refractivity contribution >= 4 is 32.1 Å². The van der Waals surface area contributed by atoms with Gasteiger partial charge < -0.3 is 14.7 Å². The Labute approximate surface area is 174 Å². The lowest BCUT2D eigenvalue weighted by molar-refractivity contribution is 0.455. The first kappa shape index (κ1) is 19.1. The summed E-state index contributed by atoms with van der Waals surface area (Å²) in [6.45, 7) is 2.78. The van der Waals surface area contributed by atoms with Crippen LogP contribution in [-0.2, 0) is 10.0 Å². The molecule has 9 heteroatoms. The van der Waals surface area contributed by atoms with Crippen molar-refractivity contribution < 1.29 is 13.5 Å². The largest absolute Gasteiger partial charge is 0.508 e. The number of rotatable bonds is 5. The fraction of sp³-hybridized carbons (Fsp3) is 0.333. The van der Waals surface area contributed by atoms with E-state index in [1.165, 1.54) is 0 Å². The molecule has 0 amide bonds. The summed E-state index contributed by atoms with van der Waals surface area (Å²) in [5, 5.41) is 11.0. The number of hydrogen-bond donors (Lipinski definition) is 2. The second-order valence-corrected chi connectivity index (χ2v) is 9.79. The highest BCUT2D eigenvalue weighted by Crippen LogP contribution is 2.36. The molecule has 8 nitrogen and oxygen atoms in total. The zero-order chi connectivity index (χ0) is 20.9. The molecule has 0 radical (unpaired) electrons. The van der Waals surface area contributed by atoms with Gasteiger partial charge in [0.2, 0.25) is 10.0 Å². The van der Waals surface area contributed by atoms with E-state index in [0.717, 1.165) is 27.6 Å². The number of benzene rings is 1. The number of H-pyrrole nitrogens is 1. The number of aromatic nitrogens is 4. The maximum atomic E-state index is 12.6. The summed E-state index contributed by atoms with van der Waals surface area (Å²) < 4.78 is 29.0. The molecule has 1 fully saturated rings. The van der Waals surface area contributed by atoms with Crippen molar-refractivity contribution in [3.63, 3.8) is 0 Å². The van der Waals surface area contributed by atoms with Gasteiger partial charge >= 0.3 is 0 Å². The Kier molecular flexibility index (Phi) is 4.52. The third-order valence-corrected chi connectivity index (χ3v) is 7.73. The Morgan fingerprint density at radius 2 is 2.17 bits per heavy atom. The normalized spacial score (nSPS) is 18.0. The topological polar surface area (TPSA) is 104 Å². The minimum atomic E-state index is -3.26. The number of phenolic OH excluding ortho intramolecular Hbond substituents is 1. The molecule has 4 heterocycles. The Morgan fingerprint density at radius 3 is 2.97 bits per heavy atom. The maximum Gasteiger partial charge on any atom is 0.214 e. The smallest absolute Gasteiger partial charge is 0.214 e. The Hall–Kier alpha value is -2.91. The summed E-state index contributed by atoms with van der Waals surface area (Å²) in [6.07, 6.45) is 4.88. The van der Waals surface area contributed by atoms with Gasteiger partial charge in [0.05, 0.1) is 23.5 Å². The molecular formula is C21H23N5O3S. The van der Waals surface area contributed by atoms with Gasteiger partial charge in [-0.1, -0.05) is 19.1 Å². The standard InChI is InChI=1S/C21H23N5O3S/c1-2-10-30(28,29)25-9-7-15(13-25)26-19-17-6-8-22-20(17)23-12-18(19)24-21(26)14-4-3-5-16(27)11-14/h3-6,8,11-12,15,27H,2,7,9-10,13H2,1H3,(H,22,23). The molecule has 0 aliphatic carbocycles. The highest BCUT2D eigenvalue weighted by molar-refractivity contribution is 7.89. The second-order valence-electron chi connectivity index (χ2n) is 7.70. The second kappa shape index (κ2) is 7.10. The molecule has 0 bridgehead atoms. The van der Waals surface area contributed by atoms with Crippen molar-refractivity contribution in [3.8, 4) is 17.1 Å². The lowest BCUT2D eigenvalue weighted by Gasteiger charge is -2.19. The van der Waals surface area contributed by atoms with Gasteiger partial charge in [-0.05, 0) is 31.0 Å². The molecule has 5 rings (SSSR count). The monoisotopic (exact) mass is 425 g/mol. The molecule has 1 saturated heterocycles. The SMILES string of the molecule is CCCS(=O)(=O)N1CCC(n2c(-c3cccc(O)c3)nc3cnc4[nH]ccc4c32)C1. The Bertz CT molecular complexity index is 1340. The predicted octanol–water partition coefficient (Wildman–Crippen LogP) is 3.27. The van der Waals surface area contributed by atoms with Crippen LogP contribution in [0, 0.1) is 0 Å². The fourth-order valence-electron chi connectivity index (χ4n) is 4.36. The first-order valence-electron chi connectivity index (χ1n) is 10.1. The van der Waals surface area contributed by atoms with Crippen LogP contribution in [-0.4, -0.2) is 56.2 Å². The van der Waals surface area contributed by atoms with E-state index in [-0.39, 0.29) is 17.5 Å². The molecule has 1 atom stereocenters. The van der Waals surface area contributed by atoms with Crippen LogP contribution in [0.15, 0.2) is 42.7 Å². The number of nitrogens with zero attached hydrogens (tertiary/aromatic N) is 4. The van der Waals surface area contributed by atoms with Gasteiger partial charge in [0.15, 0.2) is 0 Å². The van der Waals surface area contributed by atoms with Crippen molar-refractivity contribution in [3.05, 3.63) is 42.7 Å². The summed E-state index contributed by atoms with van der Waals surface area (Å²) in [5.41, 5.74) is 3.22. The Morgan fingerprint density at radius 1 is 1.30 bits per heavy atom. The summed E-state index contributed by atoms with van der Waals surface area (Å²) in [6, 6.07) is 8.90. The predicted molar refractivity (Wildman–Crippen MR) is 116 cm³/mol. The first-order chi connectivity index (χ1) is 14.5. The van der Waals surface area contributed by atoms with E-state index in [1.807, 2.05) is 25.3 Å². The van der Waals surface area contributed by atoms with Crippen LogP contribution in [0.4, 0.5) is 0 Å². The van der Waals surface area contributed by atoms with E-state index < -0.39 is 10.0 Å². The lowest BCUT2D eigenvalue weighted by Crippen LogP contribution is -2.31. The molecule has 30 heavy (non-hydrogen) atoms. The fourth-order valence-corrected chi connectivity index (χ4v) is 5.91. The number of nitrogens with one attached hydrogen (secondary N) is 1. The van der Waals surface area contributed by atoms with E-state index >= 15 is 0 Å². The van der Waals surface area contributed by atoms with Crippen molar-refractivity contribution in [1.82, 2.24) is 23.8 Å². The van der Waals surface area contributed by atoms with E-state index in [4.69, 9.17) is 4.98 Å². The number of aromatic hydroxyl groups is 1. The Balaban J connectivity index is 1.70. The molecule has 156 valence electrons. The van der Waals surface area contributed by atoms with E-state index in [1.54, 1.807) is 28.7 Å². The highest BCUT2D eigenvalue weighted by Gasteiger charge is 2.34. The number of sulfonamides is 1. The summed E-state index contributed by atoms with van der Waals surface area (Å²) in [4.78, 5) is 12.4. The van der Waals surface area contributed by atoms with Gasteiger partial charge in [-0.15, -0.1) is 0 Å². The molecule has 1 unspecified atom stereocenters. The summed E-state index contributed by atoms with van der Waals surface area (Å²) in [5.74, 6) is 1.03. The van der Waals surface area contributed by atoms with Gasteiger partial charge in [-0.25, -0.2) is 18.4 Å². The summed E-state index contributed by atoms with van der Waals surface area (Å²) in [7, 11) is -3.26. The van der Waals surface area contributed by atoms with E-state index in [9.17, 15) is 13.5 Å². The molecule has 3 aromatic heterocycles. The van der Waals surface area contributed by atoms with Crippen LogP contribution in [0.3, 0.4) is 0 Å². The van der Waals surface area contributed by atoms with Crippen LogP contribution in [0.2, 0.25) is 0 Å². The van der Waals surface area contributed by atoms with Crippen molar-refractivity contribution in [2.24, 2.45) is 0 Å². The minimum Gasteiger partial charge on any atom is -0.508 e. The molecule has 0 spiro atoms. The average molecular weight is 426 g/mol. The van der Waals surface area contributed by atoms with Gasteiger partial charge in [0.1, 0.15) is 22.7 Å². The van der Waals surface area contributed by atoms with Crippen LogP contribution in [0.1, 0.15) is 25.8 Å². The number of imidazole rings is 1. The van der Waals surface area contributed by atoms with Crippen LogP contribution in [0.5, 0.6) is 5.75 Å². The van der Waals surface area contributed by atoms with Gasteiger partial charge in [0.25, 0.3) is 0 Å². The number of pyridine rings is 1. The van der Waals surface area contributed by atoms with Gasteiger partial charge in [0, 0.05) is 30.2 Å². The molecule has 2 N–H and O–H groups in total. The van der Waals surface area contributed by atoms with E-state index in [2.05, 4.69) is 14.5 Å². The molecule has 1 aromatic carbocycles. The number of fused-ring (bicyclic) bond motifs is 3. The molecule has 0 saturated carbocycles. The van der Waals surface area contributed by atoms with Gasteiger partial charge in [-0.2, -0.15) is 4.31 Å². The van der Waals surface area contributed by atoms with Crippen LogP contribution < -0.4 is 0 Å². The van der Waals surface area contributed by atoms with Crippen molar-refractivity contribution in [2.45, 2.75) is 25.8 Å². The number of aromatic amines is 1. The third kappa shape index (κ3) is 3.05. The lowest BCUT2D eigenvalue weighted by atomic mass is 10.1. The zero-order valence-corrected chi connectivity index (χ0v) is 17.4. The zero-order valence-electron chi connectivity index (χ0n) is 16.6. The van der Waals surface area contributed by atoms with Crippen LogP contribution in [0.25, 0.3) is 33.5 Å². The maximum absolute atomic E-state index is 12.6. The van der Waals surface area contributed by atoms with E-state index in [0.29, 0.717) is 31.8 Å². The third-order valence-electron chi connectivity index (χ3n) is 5.69.